The van der Waals surface area contributed by atoms with Crippen molar-refractivity contribution in [2.45, 2.75) is 17.7 Å². The number of sulfone groups is 1. The van der Waals surface area contributed by atoms with E-state index in [1.165, 1.54) is 17.6 Å². The molecular weight excluding hydrogens is 396 g/mol. The van der Waals surface area contributed by atoms with E-state index in [4.69, 9.17) is 4.74 Å². The van der Waals surface area contributed by atoms with E-state index in [0.29, 0.717) is 23.7 Å². The summed E-state index contributed by atoms with van der Waals surface area (Å²) < 4.78 is 28.2. The fraction of sp³-hybridized carbons (Fsp3) is 0.200. The SMILES string of the molecule is COc1ccc(CCC(=O)Nc2nc(-c3ccc(S(C)(=O)=O)cc3)cs2)cc1. The van der Waals surface area contributed by atoms with Gasteiger partial charge >= 0.3 is 0 Å². The van der Waals surface area contributed by atoms with Gasteiger partial charge in [0.05, 0.1) is 17.7 Å². The summed E-state index contributed by atoms with van der Waals surface area (Å²) in [6.45, 7) is 0. The molecule has 3 rings (SSSR count). The molecule has 0 saturated carbocycles. The summed E-state index contributed by atoms with van der Waals surface area (Å²) in [4.78, 5) is 16.8. The van der Waals surface area contributed by atoms with Crippen molar-refractivity contribution in [1.29, 1.82) is 0 Å². The van der Waals surface area contributed by atoms with Crippen molar-refractivity contribution in [3.63, 3.8) is 0 Å². The lowest BCUT2D eigenvalue weighted by Crippen LogP contribution is -2.12. The molecule has 0 radical (unpaired) electrons. The Kier molecular flexibility index (Phi) is 6.11. The minimum atomic E-state index is -3.23. The summed E-state index contributed by atoms with van der Waals surface area (Å²) in [5.74, 6) is 0.678. The molecule has 3 aromatic rings. The predicted molar refractivity (Wildman–Crippen MR) is 111 cm³/mol. The number of nitrogens with zero attached hydrogens (tertiary/aromatic N) is 1. The van der Waals surface area contributed by atoms with E-state index >= 15 is 0 Å². The zero-order chi connectivity index (χ0) is 20.1. The molecule has 28 heavy (non-hydrogen) atoms. The predicted octanol–water partition coefficient (Wildman–Crippen LogP) is 3.79. The second-order valence-electron chi connectivity index (χ2n) is 6.23. The number of thiazole rings is 1. The van der Waals surface area contributed by atoms with Crippen LogP contribution in [0.2, 0.25) is 0 Å². The molecule has 2 aromatic carbocycles. The number of anilines is 1. The zero-order valence-electron chi connectivity index (χ0n) is 15.5. The van der Waals surface area contributed by atoms with Crippen LogP contribution in [0.5, 0.6) is 5.75 Å². The Morgan fingerprint density at radius 2 is 1.79 bits per heavy atom. The first kappa shape index (κ1) is 20.0. The van der Waals surface area contributed by atoms with Crippen molar-refractivity contribution in [3.8, 4) is 17.0 Å². The highest BCUT2D eigenvalue weighted by molar-refractivity contribution is 7.90. The Labute approximate surface area is 168 Å². The maximum Gasteiger partial charge on any atom is 0.226 e. The quantitative estimate of drug-likeness (QED) is 0.633. The van der Waals surface area contributed by atoms with Gasteiger partial charge in [-0.05, 0) is 36.2 Å². The monoisotopic (exact) mass is 416 g/mol. The van der Waals surface area contributed by atoms with Crippen molar-refractivity contribution >= 4 is 32.2 Å². The van der Waals surface area contributed by atoms with Gasteiger partial charge in [0.1, 0.15) is 5.75 Å². The van der Waals surface area contributed by atoms with Gasteiger partial charge in [0.15, 0.2) is 15.0 Å². The fourth-order valence-corrected chi connectivity index (χ4v) is 3.93. The summed E-state index contributed by atoms with van der Waals surface area (Å²) in [7, 11) is -1.61. The Bertz CT molecular complexity index is 1060. The number of amides is 1. The molecule has 1 N–H and O–H groups in total. The highest BCUT2D eigenvalue weighted by Gasteiger charge is 2.11. The van der Waals surface area contributed by atoms with E-state index in [1.54, 1.807) is 31.4 Å². The second kappa shape index (κ2) is 8.53. The van der Waals surface area contributed by atoms with Crippen LogP contribution in [-0.4, -0.2) is 32.7 Å². The van der Waals surface area contributed by atoms with E-state index in [9.17, 15) is 13.2 Å². The molecule has 1 amide bonds. The molecular formula is C20H20N2O4S2. The normalized spacial score (nSPS) is 11.2. The average Bonchev–Trinajstić information content (AvgIpc) is 3.14. The Morgan fingerprint density at radius 3 is 2.39 bits per heavy atom. The third-order valence-electron chi connectivity index (χ3n) is 4.13. The molecule has 0 unspecified atom stereocenters. The summed E-state index contributed by atoms with van der Waals surface area (Å²) in [6.07, 6.45) is 2.15. The smallest absolute Gasteiger partial charge is 0.226 e. The van der Waals surface area contributed by atoms with Gasteiger partial charge < -0.3 is 10.1 Å². The molecule has 146 valence electrons. The van der Waals surface area contributed by atoms with E-state index in [1.807, 2.05) is 29.6 Å². The largest absolute Gasteiger partial charge is 0.497 e. The number of carbonyl (C=O) groups is 1. The van der Waals surface area contributed by atoms with Crippen LogP contribution in [0.4, 0.5) is 5.13 Å². The topological polar surface area (TPSA) is 85.4 Å². The van der Waals surface area contributed by atoms with Gasteiger partial charge in [0.2, 0.25) is 5.91 Å². The third-order valence-corrected chi connectivity index (χ3v) is 6.01. The minimum absolute atomic E-state index is 0.107. The number of ether oxygens (including phenoxy) is 1. The molecule has 6 nitrogen and oxygen atoms in total. The van der Waals surface area contributed by atoms with Gasteiger partial charge in [-0.25, -0.2) is 13.4 Å². The number of aryl methyl sites for hydroxylation is 1. The summed E-state index contributed by atoms with van der Waals surface area (Å²) in [6, 6.07) is 14.1. The van der Waals surface area contributed by atoms with Gasteiger partial charge in [-0.1, -0.05) is 24.3 Å². The maximum absolute atomic E-state index is 12.2. The zero-order valence-corrected chi connectivity index (χ0v) is 17.1. The molecule has 0 aliphatic heterocycles. The van der Waals surface area contributed by atoms with E-state index in [-0.39, 0.29) is 10.8 Å². The Balaban J connectivity index is 1.58. The van der Waals surface area contributed by atoms with Crippen LogP contribution in [0, 0.1) is 0 Å². The Morgan fingerprint density at radius 1 is 1.11 bits per heavy atom. The number of hydrogen-bond donors (Lipinski definition) is 1. The highest BCUT2D eigenvalue weighted by Crippen LogP contribution is 2.26. The van der Waals surface area contributed by atoms with Gasteiger partial charge in [-0.2, -0.15) is 0 Å². The van der Waals surface area contributed by atoms with Crippen LogP contribution in [0.25, 0.3) is 11.3 Å². The van der Waals surface area contributed by atoms with Gasteiger partial charge in [0, 0.05) is 23.6 Å². The molecule has 0 bridgehead atoms. The van der Waals surface area contributed by atoms with Crippen LogP contribution in [-0.2, 0) is 21.1 Å². The van der Waals surface area contributed by atoms with Gasteiger partial charge in [0.25, 0.3) is 0 Å². The standard InChI is InChI=1S/C20H20N2O4S2/c1-26-16-8-3-14(4-9-16)5-12-19(23)22-20-21-18(13-27-20)15-6-10-17(11-7-15)28(2,24)25/h3-4,6-11,13H,5,12H2,1-2H3,(H,21,22,23). The molecule has 0 aliphatic rings. The average molecular weight is 417 g/mol. The van der Waals surface area contributed by atoms with Crippen molar-refractivity contribution in [3.05, 3.63) is 59.5 Å². The van der Waals surface area contributed by atoms with Gasteiger partial charge in [-0.3, -0.25) is 4.79 Å². The number of nitrogens with one attached hydrogen (secondary N) is 1. The summed E-state index contributed by atoms with van der Waals surface area (Å²) in [5.41, 5.74) is 2.54. The molecule has 1 heterocycles. The van der Waals surface area contributed by atoms with Crippen LogP contribution < -0.4 is 10.1 Å². The number of methoxy groups -OCH3 is 1. The second-order valence-corrected chi connectivity index (χ2v) is 9.10. The number of hydrogen-bond acceptors (Lipinski definition) is 6. The number of benzene rings is 2. The number of rotatable bonds is 7. The first-order valence-corrected chi connectivity index (χ1v) is 11.3. The lowest BCUT2D eigenvalue weighted by molar-refractivity contribution is -0.116. The van der Waals surface area contributed by atoms with Crippen LogP contribution in [0.3, 0.4) is 0 Å². The first-order chi connectivity index (χ1) is 13.3. The van der Waals surface area contributed by atoms with E-state index in [0.717, 1.165) is 16.9 Å². The highest BCUT2D eigenvalue weighted by atomic mass is 32.2. The van der Waals surface area contributed by atoms with Crippen LogP contribution in [0.1, 0.15) is 12.0 Å². The van der Waals surface area contributed by atoms with Crippen molar-refractivity contribution in [1.82, 2.24) is 4.98 Å². The molecule has 0 fully saturated rings. The van der Waals surface area contributed by atoms with E-state index < -0.39 is 9.84 Å². The molecule has 1 aromatic heterocycles. The van der Waals surface area contributed by atoms with Crippen molar-refractivity contribution in [2.24, 2.45) is 0 Å². The fourth-order valence-electron chi connectivity index (χ4n) is 2.57. The van der Waals surface area contributed by atoms with Gasteiger partial charge in [-0.15, -0.1) is 11.3 Å². The molecule has 0 saturated heterocycles. The van der Waals surface area contributed by atoms with Crippen molar-refractivity contribution in [2.75, 3.05) is 18.7 Å². The van der Waals surface area contributed by atoms with Crippen molar-refractivity contribution < 1.29 is 17.9 Å². The summed E-state index contributed by atoms with van der Waals surface area (Å²) >= 11 is 1.33. The molecule has 0 aliphatic carbocycles. The Hall–Kier alpha value is -2.71. The van der Waals surface area contributed by atoms with Crippen LogP contribution in [0.15, 0.2) is 58.8 Å². The maximum atomic E-state index is 12.2. The lowest BCUT2D eigenvalue weighted by atomic mass is 10.1. The lowest BCUT2D eigenvalue weighted by Gasteiger charge is -2.04. The molecule has 0 atom stereocenters. The molecule has 0 spiro atoms. The molecule has 8 heteroatoms. The summed E-state index contributed by atoms with van der Waals surface area (Å²) in [5, 5.41) is 5.15. The first-order valence-electron chi connectivity index (χ1n) is 8.54. The number of carbonyl (C=O) groups excluding carboxylic acids is 1. The minimum Gasteiger partial charge on any atom is -0.497 e. The van der Waals surface area contributed by atoms with Crippen LogP contribution >= 0.6 is 11.3 Å². The van der Waals surface area contributed by atoms with E-state index in [2.05, 4.69) is 10.3 Å². The third kappa shape index (κ3) is 5.17. The number of aromatic nitrogens is 1.